The molecule has 86 valence electrons. The van der Waals surface area contributed by atoms with E-state index in [9.17, 15) is 0 Å². The lowest BCUT2D eigenvalue weighted by molar-refractivity contribution is -0.161. The molecule has 0 aromatic rings. The van der Waals surface area contributed by atoms with Crippen LogP contribution in [0.4, 0.5) is 0 Å². The SMILES string of the molecule is COC1(OC)C=CC(OC)(OC)C(Br)=C1. The Morgan fingerprint density at radius 1 is 0.933 bits per heavy atom. The van der Waals surface area contributed by atoms with Crippen molar-refractivity contribution in [1.82, 2.24) is 0 Å². The highest BCUT2D eigenvalue weighted by molar-refractivity contribution is 9.11. The lowest BCUT2D eigenvalue weighted by Gasteiger charge is -2.35. The largest absolute Gasteiger partial charge is 0.346 e. The molecule has 0 aromatic carbocycles. The Bertz CT molecular complexity index is 277. The number of ether oxygens (including phenoxy) is 4. The summed E-state index contributed by atoms with van der Waals surface area (Å²) in [7, 11) is 6.26. The van der Waals surface area contributed by atoms with E-state index in [0.717, 1.165) is 0 Å². The van der Waals surface area contributed by atoms with E-state index in [0.29, 0.717) is 4.48 Å². The minimum absolute atomic E-state index is 0.700. The van der Waals surface area contributed by atoms with E-state index >= 15 is 0 Å². The number of halogens is 1. The van der Waals surface area contributed by atoms with Gasteiger partial charge in [-0.1, -0.05) is 0 Å². The second-order valence-corrected chi connectivity index (χ2v) is 3.89. The van der Waals surface area contributed by atoms with E-state index in [1.807, 2.05) is 0 Å². The molecule has 1 aliphatic carbocycles. The predicted molar refractivity (Wildman–Crippen MR) is 59.6 cm³/mol. The maximum Gasteiger partial charge on any atom is 0.221 e. The minimum Gasteiger partial charge on any atom is -0.346 e. The zero-order valence-electron chi connectivity index (χ0n) is 9.24. The maximum atomic E-state index is 5.29. The number of hydrogen-bond donors (Lipinski definition) is 0. The Kier molecular flexibility index (Phi) is 4.08. The number of hydrogen-bond acceptors (Lipinski definition) is 4. The van der Waals surface area contributed by atoms with Crippen LogP contribution in [0.2, 0.25) is 0 Å². The normalized spacial score (nSPS) is 22.6. The fraction of sp³-hybridized carbons (Fsp3) is 0.600. The monoisotopic (exact) mass is 278 g/mol. The molecule has 0 radical (unpaired) electrons. The molecule has 0 N–H and O–H groups in total. The second kappa shape index (κ2) is 4.76. The van der Waals surface area contributed by atoms with E-state index in [1.54, 1.807) is 46.7 Å². The van der Waals surface area contributed by atoms with Crippen LogP contribution in [0.25, 0.3) is 0 Å². The molecule has 0 amide bonds. The van der Waals surface area contributed by atoms with E-state index in [-0.39, 0.29) is 0 Å². The molecule has 0 saturated heterocycles. The molecule has 0 bridgehead atoms. The van der Waals surface area contributed by atoms with E-state index in [2.05, 4.69) is 15.9 Å². The molecule has 0 aliphatic heterocycles. The molecule has 0 fully saturated rings. The zero-order chi connectivity index (χ0) is 11.5. The van der Waals surface area contributed by atoms with Gasteiger partial charge < -0.3 is 18.9 Å². The summed E-state index contributed by atoms with van der Waals surface area (Å²) < 4.78 is 21.8. The summed E-state index contributed by atoms with van der Waals surface area (Å²) in [5, 5.41) is 0. The van der Waals surface area contributed by atoms with Gasteiger partial charge in [0.15, 0.2) is 0 Å². The fourth-order valence-corrected chi connectivity index (χ4v) is 2.16. The third-order valence-electron chi connectivity index (χ3n) is 2.44. The molecular weight excluding hydrogens is 264 g/mol. The Hall–Kier alpha value is -0.200. The zero-order valence-corrected chi connectivity index (χ0v) is 10.8. The topological polar surface area (TPSA) is 36.9 Å². The first-order chi connectivity index (χ1) is 7.08. The highest BCUT2D eigenvalue weighted by atomic mass is 79.9. The Morgan fingerprint density at radius 2 is 1.47 bits per heavy atom. The van der Waals surface area contributed by atoms with Crippen LogP contribution in [0, 0.1) is 0 Å². The minimum atomic E-state index is -0.888. The predicted octanol–water partition coefficient (Wildman–Crippen LogP) is 1.81. The van der Waals surface area contributed by atoms with Crippen molar-refractivity contribution in [3.63, 3.8) is 0 Å². The molecule has 0 saturated carbocycles. The van der Waals surface area contributed by atoms with Crippen molar-refractivity contribution in [1.29, 1.82) is 0 Å². The standard InChI is InChI=1S/C10H15BrO4/c1-12-9(13-2)5-6-10(14-3,15-4)8(11)7-9/h5-7H,1-4H3. The summed E-state index contributed by atoms with van der Waals surface area (Å²) >= 11 is 3.39. The Balaban J connectivity index is 3.05. The first-order valence-corrected chi connectivity index (χ1v) is 5.17. The van der Waals surface area contributed by atoms with E-state index in [4.69, 9.17) is 18.9 Å². The van der Waals surface area contributed by atoms with Gasteiger partial charge in [-0.2, -0.15) is 0 Å². The maximum absolute atomic E-state index is 5.29. The van der Waals surface area contributed by atoms with Crippen molar-refractivity contribution in [2.24, 2.45) is 0 Å². The second-order valence-electron chi connectivity index (χ2n) is 3.03. The van der Waals surface area contributed by atoms with Gasteiger partial charge in [0.2, 0.25) is 11.6 Å². The van der Waals surface area contributed by atoms with Crippen LogP contribution in [0.3, 0.4) is 0 Å². The first kappa shape index (κ1) is 12.9. The van der Waals surface area contributed by atoms with Crippen molar-refractivity contribution in [2.45, 2.75) is 11.6 Å². The summed E-state index contributed by atoms with van der Waals surface area (Å²) in [4.78, 5) is 0. The van der Waals surface area contributed by atoms with Gasteiger partial charge in [0, 0.05) is 28.4 Å². The molecule has 0 heterocycles. The van der Waals surface area contributed by atoms with Gasteiger partial charge in [0.1, 0.15) is 0 Å². The molecule has 0 spiro atoms. The van der Waals surface area contributed by atoms with Gasteiger partial charge in [0.25, 0.3) is 0 Å². The van der Waals surface area contributed by atoms with Gasteiger partial charge in [-0.3, -0.25) is 0 Å². The van der Waals surface area contributed by atoms with Crippen molar-refractivity contribution in [3.8, 4) is 0 Å². The molecular formula is C10H15BrO4. The highest BCUT2D eigenvalue weighted by Crippen LogP contribution is 2.36. The fourth-order valence-electron chi connectivity index (χ4n) is 1.38. The van der Waals surface area contributed by atoms with Crippen LogP contribution in [0.15, 0.2) is 22.7 Å². The van der Waals surface area contributed by atoms with Crippen LogP contribution >= 0.6 is 15.9 Å². The van der Waals surface area contributed by atoms with Crippen molar-refractivity contribution in [2.75, 3.05) is 28.4 Å². The van der Waals surface area contributed by atoms with Crippen molar-refractivity contribution >= 4 is 15.9 Å². The average Bonchev–Trinajstić information content (AvgIpc) is 2.29. The van der Waals surface area contributed by atoms with Crippen LogP contribution in [0.1, 0.15) is 0 Å². The van der Waals surface area contributed by atoms with Gasteiger partial charge in [-0.25, -0.2) is 0 Å². The summed E-state index contributed by atoms with van der Waals surface area (Å²) in [6.45, 7) is 0. The number of rotatable bonds is 4. The van der Waals surface area contributed by atoms with Crippen LogP contribution in [-0.2, 0) is 18.9 Å². The molecule has 5 heteroatoms. The van der Waals surface area contributed by atoms with Crippen LogP contribution in [0.5, 0.6) is 0 Å². The quantitative estimate of drug-likeness (QED) is 0.581. The lowest BCUT2D eigenvalue weighted by atomic mass is 10.0. The Morgan fingerprint density at radius 3 is 1.80 bits per heavy atom. The average molecular weight is 279 g/mol. The molecule has 4 nitrogen and oxygen atoms in total. The molecule has 0 unspecified atom stereocenters. The Labute approximate surface area is 98.0 Å². The smallest absolute Gasteiger partial charge is 0.221 e. The molecule has 0 aromatic heterocycles. The molecule has 15 heavy (non-hydrogen) atoms. The third-order valence-corrected chi connectivity index (χ3v) is 3.22. The van der Waals surface area contributed by atoms with Crippen molar-refractivity contribution < 1.29 is 18.9 Å². The summed E-state index contributed by atoms with van der Waals surface area (Å²) in [5.74, 6) is -1.75. The molecule has 1 rings (SSSR count). The number of methoxy groups -OCH3 is 4. The van der Waals surface area contributed by atoms with Crippen molar-refractivity contribution in [3.05, 3.63) is 22.7 Å². The van der Waals surface area contributed by atoms with Gasteiger partial charge in [-0.15, -0.1) is 0 Å². The van der Waals surface area contributed by atoms with Gasteiger partial charge in [0.05, 0.1) is 4.48 Å². The van der Waals surface area contributed by atoms with Gasteiger partial charge >= 0.3 is 0 Å². The highest BCUT2D eigenvalue weighted by Gasteiger charge is 2.39. The molecule has 0 atom stereocenters. The molecule has 1 aliphatic rings. The lowest BCUT2D eigenvalue weighted by Crippen LogP contribution is -2.40. The van der Waals surface area contributed by atoms with Crippen LogP contribution in [-0.4, -0.2) is 40.0 Å². The summed E-state index contributed by atoms with van der Waals surface area (Å²) in [5.41, 5.74) is 0. The van der Waals surface area contributed by atoms with Gasteiger partial charge in [-0.05, 0) is 34.2 Å². The van der Waals surface area contributed by atoms with Crippen LogP contribution < -0.4 is 0 Å². The third kappa shape index (κ3) is 2.16. The van der Waals surface area contributed by atoms with E-state index in [1.165, 1.54) is 0 Å². The summed E-state index contributed by atoms with van der Waals surface area (Å²) in [6.07, 6.45) is 5.23. The van der Waals surface area contributed by atoms with E-state index < -0.39 is 11.6 Å². The first-order valence-electron chi connectivity index (χ1n) is 4.38. The summed E-state index contributed by atoms with van der Waals surface area (Å²) in [6, 6.07) is 0.